The molecule has 17 heavy (non-hydrogen) atoms. The van der Waals surface area contributed by atoms with Crippen molar-refractivity contribution in [2.45, 2.75) is 12.3 Å². The average molecular weight is 256 g/mol. The molecule has 0 aliphatic carbocycles. The molecule has 0 radical (unpaired) electrons. The van der Waals surface area contributed by atoms with Gasteiger partial charge in [-0.3, -0.25) is 0 Å². The predicted molar refractivity (Wildman–Crippen MR) is 44.7 cm³/mol. The molecule has 0 fully saturated rings. The summed E-state index contributed by atoms with van der Waals surface area (Å²) in [5.74, 6) is -7.64. The van der Waals surface area contributed by atoms with Crippen LogP contribution < -0.4 is 4.74 Å². The highest BCUT2D eigenvalue weighted by Gasteiger charge is 2.41. The van der Waals surface area contributed by atoms with Crippen molar-refractivity contribution in [2.75, 3.05) is 0 Å². The third-order valence-corrected chi connectivity index (χ3v) is 1.70. The SMILES string of the molecule is O=C(O)C(F)(F)c1cccc(OC(F)(F)F)c1. The third-order valence-electron chi connectivity index (χ3n) is 1.70. The Labute approximate surface area is 91.4 Å². The van der Waals surface area contributed by atoms with Gasteiger partial charge in [-0.05, 0) is 12.1 Å². The van der Waals surface area contributed by atoms with Crippen molar-refractivity contribution in [2.24, 2.45) is 0 Å². The van der Waals surface area contributed by atoms with Crippen molar-refractivity contribution >= 4 is 5.97 Å². The van der Waals surface area contributed by atoms with E-state index in [-0.39, 0.29) is 0 Å². The quantitative estimate of drug-likeness (QED) is 0.846. The smallest absolute Gasteiger partial charge is 0.477 e. The zero-order valence-electron chi connectivity index (χ0n) is 7.96. The molecule has 0 aliphatic rings. The maximum atomic E-state index is 13.0. The molecule has 0 unspecified atom stereocenters. The summed E-state index contributed by atoms with van der Waals surface area (Å²) in [7, 11) is 0. The molecule has 1 aromatic rings. The lowest BCUT2D eigenvalue weighted by Crippen LogP contribution is -2.25. The first kappa shape index (κ1) is 13.2. The first-order valence-electron chi connectivity index (χ1n) is 4.10. The van der Waals surface area contributed by atoms with E-state index in [2.05, 4.69) is 4.74 Å². The molecule has 8 heteroatoms. The number of hydrogen-bond donors (Lipinski definition) is 1. The summed E-state index contributed by atoms with van der Waals surface area (Å²) in [5, 5.41) is 8.21. The van der Waals surface area contributed by atoms with Gasteiger partial charge in [0.15, 0.2) is 0 Å². The number of carboxylic acid groups (broad SMARTS) is 1. The fourth-order valence-corrected chi connectivity index (χ4v) is 1.01. The van der Waals surface area contributed by atoms with Crippen LogP contribution in [0.3, 0.4) is 0 Å². The normalized spacial score (nSPS) is 12.3. The van der Waals surface area contributed by atoms with E-state index in [0.717, 1.165) is 12.1 Å². The van der Waals surface area contributed by atoms with Gasteiger partial charge >= 0.3 is 18.3 Å². The Morgan fingerprint density at radius 1 is 1.18 bits per heavy atom. The molecule has 0 saturated carbocycles. The number of ether oxygens (including phenoxy) is 1. The minimum atomic E-state index is -5.03. The standard InChI is InChI=1S/C9H5F5O3/c10-8(11,7(15)16)5-2-1-3-6(4-5)17-9(12,13)14/h1-4H,(H,15,16). The van der Waals surface area contributed by atoms with E-state index in [9.17, 15) is 26.7 Å². The average Bonchev–Trinajstić information content (AvgIpc) is 2.15. The number of benzene rings is 1. The molecule has 0 spiro atoms. The number of hydrogen-bond acceptors (Lipinski definition) is 2. The van der Waals surface area contributed by atoms with Gasteiger partial charge in [-0.15, -0.1) is 13.2 Å². The highest BCUT2D eigenvalue weighted by atomic mass is 19.4. The largest absolute Gasteiger partial charge is 0.573 e. The highest BCUT2D eigenvalue weighted by molar-refractivity contribution is 5.77. The number of aliphatic carboxylic acids is 1. The Morgan fingerprint density at radius 2 is 1.76 bits per heavy atom. The number of halogens is 5. The van der Waals surface area contributed by atoms with E-state index in [1.807, 2.05) is 0 Å². The topological polar surface area (TPSA) is 46.5 Å². The zero-order chi connectivity index (χ0) is 13.3. The second-order valence-electron chi connectivity index (χ2n) is 2.96. The fraction of sp³-hybridized carbons (Fsp3) is 0.222. The van der Waals surface area contributed by atoms with E-state index < -0.39 is 29.6 Å². The zero-order valence-corrected chi connectivity index (χ0v) is 7.96. The van der Waals surface area contributed by atoms with Gasteiger partial charge in [0.2, 0.25) is 0 Å². The molecule has 0 saturated heterocycles. The van der Waals surface area contributed by atoms with Crippen molar-refractivity contribution in [3.8, 4) is 5.75 Å². The van der Waals surface area contributed by atoms with Gasteiger partial charge in [-0.2, -0.15) is 8.78 Å². The maximum Gasteiger partial charge on any atom is 0.573 e. The summed E-state index contributed by atoms with van der Waals surface area (Å²) in [4.78, 5) is 10.2. The van der Waals surface area contributed by atoms with Gasteiger partial charge in [-0.25, -0.2) is 4.79 Å². The molecule has 0 aromatic heterocycles. The second-order valence-corrected chi connectivity index (χ2v) is 2.96. The number of rotatable bonds is 3. The van der Waals surface area contributed by atoms with Crippen LogP contribution in [0.5, 0.6) is 5.75 Å². The summed E-state index contributed by atoms with van der Waals surface area (Å²) in [5.41, 5.74) is -1.09. The molecule has 1 aromatic carbocycles. The molecule has 3 nitrogen and oxygen atoms in total. The first-order chi connectivity index (χ1) is 7.63. The minimum Gasteiger partial charge on any atom is -0.477 e. The van der Waals surface area contributed by atoms with Crippen LogP contribution in [-0.2, 0) is 10.7 Å². The summed E-state index contributed by atoms with van der Waals surface area (Å²) < 4.78 is 64.7. The summed E-state index contributed by atoms with van der Waals surface area (Å²) in [6, 6.07) is 2.64. The number of alkyl halides is 5. The lowest BCUT2D eigenvalue weighted by atomic mass is 10.1. The maximum absolute atomic E-state index is 13.0. The summed E-state index contributed by atoms with van der Waals surface area (Å²) in [6.45, 7) is 0. The Morgan fingerprint density at radius 3 is 2.24 bits per heavy atom. The lowest BCUT2D eigenvalue weighted by molar-refractivity contribution is -0.274. The van der Waals surface area contributed by atoms with Crippen LogP contribution in [0.25, 0.3) is 0 Å². The number of carboxylic acids is 1. The monoisotopic (exact) mass is 256 g/mol. The van der Waals surface area contributed by atoms with E-state index in [1.165, 1.54) is 0 Å². The Bertz CT molecular complexity index is 427. The van der Waals surface area contributed by atoms with Gasteiger partial charge in [-0.1, -0.05) is 12.1 Å². The van der Waals surface area contributed by atoms with E-state index in [4.69, 9.17) is 5.11 Å². The second kappa shape index (κ2) is 4.19. The van der Waals surface area contributed by atoms with Crippen molar-refractivity contribution in [1.82, 2.24) is 0 Å². The lowest BCUT2D eigenvalue weighted by Gasteiger charge is -2.13. The van der Waals surface area contributed by atoms with Crippen LogP contribution in [0.1, 0.15) is 5.56 Å². The predicted octanol–water partition coefficient (Wildman–Crippen LogP) is 2.76. The molecule has 0 amide bonds. The van der Waals surface area contributed by atoms with Gasteiger partial charge < -0.3 is 9.84 Å². The third kappa shape index (κ3) is 3.30. The first-order valence-corrected chi connectivity index (χ1v) is 4.10. The van der Waals surface area contributed by atoms with Crippen molar-refractivity contribution < 1.29 is 36.6 Å². The molecule has 0 heterocycles. The van der Waals surface area contributed by atoms with Crippen LogP contribution in [0.4, 0.5) is 22.0 Å². The van der Waals surface area contributed by atoms with Crippen molar-refractivity contribution in [1.29, 1.82) is 0 Å². The Balaban J connectivity index is 3.06. The molecular formula is C9H5F5O3. The molecule has 1 rings (SSSR count). The Kier molecular flexibility index (Phi) is 3.25. The van der Waals surface area contributed by atoms with Gasteiger partial charge in [0.25, 0.3) is 0 Å². The van der Waals surface area contributed by atoms with Crippen molar-refractivity contribution in [3.05, 3.63) is 29.8 Å². The molecule has 0 bridgehead atoms. The molecule has 94 valence electrons. The van der Waals surface area contributed by atoms with Crippen LogP contribution in [0.15, 0.2) is 24.3 Å². The molecule has 0 aliphatic heterocycles. The fourth-order valence-electron chi connectivity index (χ4n) is 1.01. The molecule has 0 atom stereocenters. The molecule has 1 N–H and O–H groups in total. The van der Waals surface area contributed by atoms with Crippen LogP contribution >= 0.6 is 0 Å². The van der Waals surface area contributed by atoms with E-state index >= 15 is 0 Å². The van der Waals surface area contributed by atoms with Gasteiger partial charge in [0.05, 0.1) is 0 Å². The summed E-state index contributed by atoms with van der Waals surface area (Å²) >= 11 is 0. The van der Waals surface area contributed by atoms with Crippen LogP contribution in [-0.4, -0.2) is 17.4 Å². The van der Waals surface area contributed by atoms with Crippen molar-refractivity contribution in [3.63, 3.8) is 0 Å². The van der Waals surface area contributed by atoms with Crippen LogP contribution in [0, 0.1) is 0 Å². The Hall–Kier alpha value is -1.86. The van der Waals surface area contributed by atoms with Crippen LogP contribution in [0.2, 0.25) is 0 Å². The minimum absolute atomic E-state index is 0.321. The molecular weight excluding hydrogens is 251 g/mol. The van der Waals surface area contributed by atoms with E-state index in [1.54, 1.807) is 0 Å². The summed E-state index contributed by atoms with van der Waals surface area (Å²) in [6.07, 6.45) is -5.03. The van der Waals surface area contributed by atoms with Gasteiger partial charge in [0.1, 0.15) is 5.75 Å². The highest BCUT2D eigenvalue weighted by Crippen LogP contribution is 2.32. The van der Waals surface area contributed by atoms with Gasteiger partial charge in [0, 0.05) is 5.56 Å². The van der Waals surface area contributed by atoms with E-state index in [0.29, 0.717) is 12.1 Å². The number of carbonyl (C=O) groups is 1.